The second-order valence-electron chi connectivity index (χ2n) is 7.37. The van der Waals surface area contributed by atoms with Gasteiger partial charge in [0.05, 0.1) is 12.5 Å². The molecule has 2 amide bonds. The fourth-order valence-corrected chi connectivity index (χ4v) is 4.13. The van der Waals surface area contributed by atoms with E-state index in [4.69, 9.17) is 5.73 Å². The summed E-state index contributed by atoms with van der Waals surface area (Å²) in [6, 6.07) is 7.98. The van der Waals surface area contributed by atoms with Crippen LogP contribution in [0.1, 0.15) is 56.9 Å². The average molecular weight is 343 g/mol. The summed E-state index contributed by atoms with van der Waals surface area (Å²) in [5.41, 5.74) is 7.54. The molecule has 0 unspecified atom stereocenters. The second kappa shape index (κ2) is 7.89. The zero-order chi connectivity index (χ0) is 17.8. The third-order valence-electron chi connectivity index (χ3n) is 5.59. The standard InChI is InChI=1S/C20H29N3O2/c1-15-13-17(20(21)25)16-9-5-6-10-18(16)23(15)14-19(24)22-11-7-3-2-4-8-12-22/h5-6,9-10,15,17H,2-4,7-8,11-14H2,1H3,(H2,21,25)/t15-,17+/m1/s1. The highest BCUT2D eigenvalue weighted by Gasteiger charge is 2.34. The van der Waals surface area contributed by atoms with Gasteiger partial charge in [-0.05, 0) is 37.8 Å². The van der Waals surface area contributed by atoms with Crippen LogP contribution in [0, 0.1) is 0 Å². The lowest BCUT2D eigenvalue weighted by Gasteiger charge is -2.40. The number of nitrogens with zero attached hydrogens (tertiary/aromatic N) is 2. The summed E-state index contributed by atoms with van der Waals surface area (Å²) in [5.74, 6) is -0.352. The maximum Gasteiger partial charge on any atom is 0.242 e. The minimum absolute atomic E-state index is 0.117. The van der Waals surface area contributed by atoms with Gasteiger partial charge in [-0.25, -0.2) is 0 Å². The predicted molar refractivity (Wildman–Crippen MR) is 99.5 cm³/mol. The molecule has 0 saturated carbocycles. The number of anilines is 1. The molecule has 0 aromatic heterocycles. The van der Waals surface area contributed by atoms with Crippen LogP contribution in [-0.2, 0) is 9.59 Å². The Balaban J connectivity index is 1.77. The Morgan fingerprint density at radius 1 is 1.08 bits per heavy atom. The number of carbonyl (C=O) groups excluding carboxylic acids is 2. The zero-order valence-corrected chi connectivity index (χ0v) is 15.1. The largest absolute Gasteiger partial charge is 0.369 e. The Labute approximate surface area is 150 Å². The highest BCUT2D eigenvalue weighted by molar-refractivity contribution is 5.87. The van der Waals surface area contributed by atoms with Crippen LogP contribution >= 0.6 is 0 Å². The highest BCUT2D eigenvalue weighted by atomic mass is 16.2. The summed E-state index contributed by atoms with van der Waals surface area (Å²) in [6.07, 6.45) is 6.58. The predicted octanol–water partition coefficient (Wildman–Crippen LogP) is 2.65. The van der Waals surface area contributed by atoms with Crippen molar-refractivity contribution in [3.8, 4) is 0 Å². The molecule has 3 rings (SSSR count). The molecule has 25 heavy (non-hydrogen) atoms. The van der Waals surface area contributed by atoms with Crippen molar-refractivity contribution in [1.29, 1.82) is 0 Å². The number of rotatable bonds is 3. The highest BCUT2D eigenvalue weighted by Crippen LogP contribution is 2.38. The fourth-order valence-electron chi connectivity index (χ4n) is 4.13. The molecule has 0 aliphatic carbocycles. The summed E-state index contributed by atoms with van der Waals surface area (Å²) in [6.45, 7) is 4.19. The van der Waals surface area contributed by atoms with Crippen LogP contribution in [-0.4, -0.2) is 42.4 Å². The Bertz CT molecular complexity index is 623. The number of fused-ring (bicyclic) bond motifs is 1. The maximum atomic E-state index is 12.9. The lowest BCUT2D eigenvalue weighted by molar-refractivity contribution is -0.130. The molecule has 2 atom stereocenters. The van der Waals surface area contributed by atoms with Gasteiger partial charge in [-0.1, -0.05) is 37.5 Å². The molecule has 1 saturated heterocycles. The van der Waals surface area contributed by atoms with Crippen LogP contribution in [0.4, 0.5) is 5.69 Å². The number of amides is 2. The number of nitrogens with two attached hydrogens (primary N) is 1. The monoisotopic (exact) mass is 343 g/mol. The lowest BCUT2D eigenvalue weighted by Crippen LogP contribution is -2.48. The molecule has 1 aromatic carbocycles. The smallest absolute Gasteiger partial charge is 0.242 e. The van der Waals surface area contributed by atoms with Gasteiger partial charge in [-0.2, -0.15) is 0 Å². The summed E-state index contributed by atoms with van der Waals surface area (Å²) < 4.78 is 0. The minimum Gasteiger partial charge on any atom is -0.369 e. The van der Waals surface area contributed by atoms with E-state index in [9.17, 15) is 9.59 Å². The summed E-state index contributed by atoms with van der Waals surface area (Å²) in [7, 11) is 0. The zero-order valence-electron chi connectivity index (χ0n) is 15.1. The van der Waals surface area contributed by atoms with Crippen molar-refractivity contribution in [2.45, 2.75) is 57.4 Å². The summed E-state index contributed by atoms with van der Waals surface area (Å²) in [4.78, 5) is 28.9. The number of benzene rings is 1. The van der Waals surface area contributed by atoms with Crippen molar-refractivity contribution in [2.24, 2.45) is 5.73 Å². The SMILES string of the molecule is C[C@@H]1C[C@H](C(N)=O)c2ccccc2N1CC(=O)N1CCCCCCC1. The third kappa shape index (κ3) is 3.97. The van der Waals surface area contributed by atoms with E-state index < -0.39 is 0 Å². The molecule has 1 aromatic rings. The van der Waals surface area contributed by atoms with Crippen molar-refractivity contribution < 1.29 is 9.59 Å². The van der Waals surface area contributed by atoms with E-state index in [2.05, 4.69) is 11.8 Å². The number of likely N-dealkylation sites (tertiary alicyclic amines) is 1. The number of para-hydroxylation sites is 1. The molecule has 0 radical (unpaired) electrons. The first-order chi connectivity index (χ1) is 12.1. The molecule has 0 spiro atoms. The van der Waals surface area contributed by atoms with Crippen LogP contribution in [0.5, 0.6) is 0 Å². The van der Waals surface area contributed by atoms with E-state index in [0.29, 0.717) is 13.0 Å². The van der Waals surface area contributed by atoms with Crippen LogP contribution in [0.25, 0.3) is 0 Å². The van der Waals surface area contributed by atoms with Gasteiger partial charge < -0.3 is 15.5 Å². The van der Waals surface area contributed by atoms with Gasteiger partial charge in [0.2, 0.25) is 11.8 Å². The average Bonchev–Trinajstić information content (AvgIpc) is 2.56. The molecule has 2 aliphatic rings. The molecular weight excluding hydrogens is 314 g/mol. The van der Waals surface area contributed by atoms with E-state index in [-0.39, 0.29) is 23.8 Å². The van der Waals surface area contributed by atoms with Gasteiger partial charge in [0.1, 0.15) is 0 Å². The van der Waals surface area contributed by atoms with Gasteiger partial charge in [-0.3, -0.25) is 9.59 Å². The van der Waals surface area contributed by atoms with Crippen molar-refractivity contribution in [3.05, 3.63) is 29.8 Å². The number of hydrogen-bond donors (Lipinski definition) is 1. The van der Waals surface area contributed by atoms with Crippen molar-refractivity contribution >= 4 is 17.5 Å². The van der Waals surface area contributed by atoms with E-state index in [0.717, 1.165) is 37.2 Å². The first kappa shape index (κ1) is 17.8. The van der Waals surface area contributed by atoms with Crippen molar-refractivity contribution in [2.75, 3.05) is 24.5 Å². The van der Waals surface area contributed by atoms with Gasteiger partial charge in [0.25, 0.3) is 0 Å². The van der Waals surface area contributed by atoms with Crippen LogP contribution < -0.4 is 10.6 Å². The maximum absolute atomic E-state index is 12.9. The van der Waals surface area contributed by atoms with E-state index in [1.165, 1.54) is 19.3 Å². The Kier molecular flexibility index (Phi) is 5.61. The number of hydrogen-bond acceptors (Lipinski definition) is 3. The Hall–Kier alpha value is -2.04. The number of carbonyl (C=O) groups is 2. The summed E-state index contributed by atoms with van der Waals surface area (Å²) in [5, 5.41) is 0. The third-order valence-corrected chi connectivity index (χ3v) is 5.59. The van der Waals surface area contributed by atoms with E-state index in [1.807, 2.05) is 29.2 Å². The van der Waals surface area contributed by atoms with Gasteiger partial charge >= 0.3 is 0 Å². The molecule has 5 heteroatoms. The Morgan fingerprint density at radius 2 is 1.72 bits per heavy atom. The molecule has 136 valence electrons. The van der Waals surface area contributed by atoms with Crippen LogP contribution in [0.3, 0.4) is 0 Å². The minimum atomic E-state index is -0.283. The Morgan fingerprint density at radius 3 is 2.40 bits per heavy atom. The molecule has 2 N–H and O–H groups in total. The number of primary amides is 1. The quantitative estimate of drug-likeness (QED) is 0.917. The summed E-state index contributed by atoms with van der Waals surface area (Å²) >= 11 is 0. The van der Waals surface area contributed by atoms with Gasteiger partial charge in [-0.15, -0.1) is 0 Å². The van der Waals surface area contributed by atoms with Gasteiger partial charge in [0, 0.05) is 24.8 Å². The first-order valence-electron chi connectivity index (χ1n) is 9.50. The molecule has 2 aliphatic heterocycles. The lowest BCUT2D eigenvalue weighted by atomic mass is 9.85. The van der Waals surface area contributed by atoms with Crippen LogP contribution in [0.15, 0.2) is 24.3 Å². The van der Waals surface area contributed by atoms with E-state index >= 15 is 0 Å². The van der Waals surface area contributed by atoms with E-state index in [1.54, 1.807) is 0 Å². The normalized spacial score (nSPS) is 24.2. The van der Waals surface area contributed by atoms with Crippen LogP contribution in [0.2, 0.25) is 0 Å². The molecule has 5 nitrogen and oxygen atoms in total. The molecule has 1 fully saturated rings. The van der Waals surface area contributed by atoms with Crippen molar-refractivity contribution in [3.63, 3.8) is 0 Å². The molecule has 0 bridgehead atoms. The van der Waals surface area contributed by atoms with Gasteiger partial charge in [0.15, 0.2) is 0 Å². The fraction of sp³-hybridized carbons (Fsp3) is 0.600. The first-order valence-corrected chi connectivity index (χ1v) is 9.50. The molecule has 2 heterocycles. The second-order valence-corrected chi connectivity index (χ2v) is 7.37. The molecular formula is C20H29N3O2. The topological polar surface area (TPSA) is 66.6 Å². The van der Waals surface area contributed by atoms with Crippen molar-refractivity contribution in [1.82, 2.24) is 4.90 Å².